The second-order valence-corrected chi connectivity index (χ2v) is 8.75. The highest BCUT2D eigenvalue weighted by Crippen LogP contribution is 2.35. The zero-order valence-electron chi connectivity index (χ0n) is 17.1. The van der Waals surface area contributed by atoms with Crippen LogP contribution in [0.3, 0.4) is 0 Å². The predicted molar refractivity (Wildman–Crippen MR) is 120 cm³/mol. The van der Waals surface area contributed by atoms with Crippen LogP contribution in [0.25, 0.3) is 0 Å². The van der Waals surface area contributed by atoms with Gasteiger partial charge in [-0.2, -0.15) is 0 Å². The van der Waals surface area contributed by atoms with Gasteiger partial charge in [-0.3, -0.25) is 9.69 Å². The monoisotopic (exact) mass is 473 g/mol. The fraction of sp³-hybridized carbons (Fsp3) is 0.500. The van der Waals surface area contributed by atoms with Crippen LogP contribution in [0.4, 0.5) is 5.95 Å². The molecule has 2 aliphatic heterocycles. The third-order valence-electron chi connectivity index (χ3n) is 6.10. The molecule has 0 spiro atoms. The highest BCUT2D eigenvalue weighted by Gasteiger charge is 2.41. The SMILES string of the molecule is O=C(NCCN1CCN(c2ncccn2)CC1)C1(c2ccc(Br)cc2)CCOCC1. The lowest BCUT2D eigenvalue weighted by Crippen LogP contribution is -2.51. The van der Waals surface area contributed by atoms with E-state index in [0.29, 0.717) is 19.8 Å². The molecule has 8 heteroatoms. The second kappa shape index (κ2) is 9.85. The lowest BCUT2D eigenvalue weighted by molar-refractivity contribution is -0.130. The van der Waals surface area contributed by atoms with Gasteiger partial charge in [-0.25, -0.2) is 9.97 Å². The van der Waals surface area contributed by atoms with Gasteiger partial charge in [0.15, 0.2) is 0 Å². The van der Waals surface area contributed by atoms with Gasteiger partial charge in [0.2, 0.25) is 11.9 Å². The molecule has 1 aromatic heterocycles. The van der Waals surface area contributed by atoms with E-state index < -0.39 is 5.41 Å². The highest BCUT2D eigenvalue weighted by molar-refractivity contribution is 9.10. The van der Waals surface area contributed by atoms with Crippen LogP contribution in [0, 0.1) is 0 Å². The fourth-order valence-electron chi connectivity index (χ4n) is 4.26. The van der Waals surface area contributed by atoms with Crippen LogP contribution in [-0.4, -0.2) is 73.3 Å². The average molecular weight is 474 g/mol. The first-order chi connectivity index (χ1) is 14.7. The molecule has 2 aliphatic rings. The molecule has 2 fully saturated rings. The van der Waals surface area contributed by atoms with Crippen molar-refractivity contribution < 1.29 is 9.53 Å². The van der Waals surface area contributed by atoms with E-state index in [1.807, 2.05) is 18.2 Å². The van der Waals surface area contributed by atoms with Gasteiger partial charge in [0.25, 0.3) is 0 Å². The molecule has 0 atom stereocenters. The largest absolute Gasteiger partial charge is 0.381 e. The van der Waals surface area contributed by atoms with Crippen molar-refractivity contribution in [3.63, 3.8) is 0 Å². The Bertz CT molecular complexity index is 819. The Morgan fingerprint density at radius 1 is 1.07 bits per heavy atom. The van der Waals surface area contributed by atoms with E-state index in [-0.39, 0.29) is 5.91 Å². The first-order valence-electron chi connectivity index (χ1n) is 10.5. The Balaban J connectivity index is 1.30. The molecule has 3 heterocycles. The molecule has 4 rings (SSSR count). The summed E-state index contributed by atoms with van der Waals surface area (Å²) in [6, 6.07) is 9.97. The van der Waals surface area contributed by atoms with Crippen molar-refractivity contribution in [1.29, 1.82) is 0 Å². The van der Waals surface area contributed by atoms with Crippen molar-refractivity contribution in [1.82, 2.24) is 20.2 Å². The molecule has 30 heavy (non-hydrogen) atoms. The van der Waals surface area contributed by atoms with Gasteiger partial charge in [-0.15, -0.1) is 0 Å². The normalized spacial score (nSPS) is 19.4. The minimum atomic E-state index is -0.498. The first kappa shape index (κ1) is 21.2. The lowest BCUT2D eigenvalue weighted by Gasteiger charge is -2.37. The molecule has 2 saturated heterocycles. The van der Waals surface area contributed by atoms with Crippen molar-refractivity contribution >= 4 is 27.8 Å². The van der Waals surface area contributed by atoms with Gasteiger partial charge in [0.1, 0.15) is 0 Å². The van der Waals surface area contributed by atoms with Crippen molar-refractivity contribution in [2.24, 2.45) is 0 Å². The van der Waals surface area contributed by atoms with Crippen LogP contribution in [-0.2, 0) is 14.9 Å². The number of benzene rings is 1. The lowest BCUT2D eigenvalue weighted by atomic mass is 9.73. The molecule has 1 N–H and O–H groups in total. The number of anilines is 1. The Kier molecular flexibility index (Phi) is 6.97. The average Bonchev–Trinajstić information content (AvgIpc) is 2.81. The Morgan fingerprint density at radius 3 is 2.40 bits per heavy atom. The van der Waals surface area contributed by atoms with Gasteiger partial charge < -0.3 is 15.0 Å². The van der Waals surface area contributed by atoms with Crippen LogP contribution in [0.15, 0.2) is 47.2 Å². The van der Waals surface area contributed by atoms with Crippen molar-refractivity contribution in [2.45, 2.75) is 18.3 Å². The number of piperazine rings is 1. The zero-order valence-corrected chi connectivity index (χ0v) is 18.7. The molecule has 160 valence electrons. The molecule has 1 amide bonds. The van der Waals surface area contributed by atoms with Crippen LogP contribution in [0.5, 0.6) is 0 Å². The van der Waals surface area contributed by atoms with Gasteiger partial charge in [0.05, 0.1) is 5.41 Å². The molecule has 0 saturated carbocycles. The van der Waals surface area contributed by atoms with E-state index in [4.69, 9.17) is 4.74 Å². The summed E-state index contributed by atoms with van der Waals surface area (Å²) in [5.74, 6) is 0.908. The minimum Gasteiger partial charge on any atom is -0.381 e. The third-order valence-corrected chi connectivity index (χ3v) is 6.63. The Morgan fingerprint density at radius 2 is 1.73 bits per heavy atom. The summed E-state index contributed by atoms with van der Waals surface area (Å²) in [6.07, 6.45) is 5.00. The predicted octanol–water partition coefficient (Wildman–Crippen LogP) is 2.23. The van der Waals surface area contributed by atoms with E-state index in [1.54, 1.807) is 12.4 Å². The summed E-state index contributed by atoms with van der Waals surface area (Å²) in [5.41, 5.74) is 0.574. The van der Waals surface area contributed by atoms with Crippen molar-refractivity contribution in [3.8, 4) is 0 Å². The zero-order chi connectivity index (χ0) is 20.8. The number of rotatable bonds is 6. The summed E-state index contributed by atoms with van der Waals surface area (Å²) >= 11 is 3.49. The molecular weight excluding hydrogens is 446 g/mol. The van der Waals surface area contributed by atoms with Crippen LogP contribution in [0.1, 0.15) is 18.4 Å². The van der Waals surface area contributed by atoms with Gasteiger partial charge in [0, 0.05) is 69.3 Å². The number of amides is 1. The molecule has 0 radical (unpaired) electrons. The van der Waals surface area contributed by atoms with Gasteiger partial charge >= 0.3 is 0 Å². The maximum absolute atomic E-state index is 13.3. The second-order valence-electron chi connectivity index (χ2n) is 7.83. The topological polar surface area (TPSA) is 70.6 Å². The number of nitrogens with one attached hydrogen (secondary N) is 1. The number of ether oxygens (including phenoxy) is 1. The molecule has 1 aromatic carbocycles. The Labute approximate surface area is 186 Å². The number of nitrogens with zero attached hydrogens (tertiary/aromatic N) is 4. The molecular formula is C22H28BrN5O2. The standard InChI is InChI=1S/C22H28BrN5O2/c23-19-4-2-18(3-5-19)22(6-16-30-17-7-22)20(29)24-10-11-27-12-14-28(15-13-27)21-25-8-1-9-26-21/h1-5,8-9H,6-7,10-17H2,(H,24,29). The maximum atomic E-state index is 13.3. The summed E-state index contributed by atoms with van der Waals surface area (Å²) in [4.78, 5) is 26.5. The quantitative estimate of drug-likeness (QED) is 0.693. The third kappa shape index (κ3) is 4.82. The number of hydrogen-bond acceptors (Lipinski definition) is 6. The van der Waals surface area contributed by atoms with E-state index in [2.05, 4.69) is 53.1 Å². The first-order valence-corrected chi connectivity index (χ1v) is 11.3. The van der Waals surface area contributed by atoms with Gasteiger partial charge in [-0.05, 0) is 36.6 Å². The minimum absolute atomic E-state index is 0.115. The molecule has 7 nitrogen and oxygen atoms in total. The van der Waals surface area contributed by atoms with Crippen LogP contribution < -0.4 is 10.2 Å². The van der Waals surface area contributed by atoms with Crippen molar-refractivity contribution in [2.75, 3.05) is 57.4 Å². The van der Waals surface area contributed by atoms with E-state index in [9.17, 15) is 4.79 Å². The molecule has 0 aliphatic carbocycles. The number of carbonyl (C=O) groups excluding carboxylic acids is 1. The summed E-state index contributed by atoms with van der Waals surface area (Å²) < 4.78 is 6.58. The summed E-state index contributed by atoms with van der Waals surface area (Å²) in [5, 5.41) is 3.21. The van der Waals surface area contributed by atoms with E-state index in [0.717, 1.165) is 61.5 Å². The number of halogens is 1. The Hall–Kier alpha value is -2.03. The van der Waals surface area contributed by atoms with Crippen LogP contribution in [0.2, 0.25) is 0 Å². The van der Waals surface area contributed by atoms with Crippen molar-refractivity contribution in [3.05, 3.63) is 52.8 Å². The van der Waals surface area contributed by atoms with E-state index >= 15 is 0 Å². The molecule has 0 unspecified atom stereocenters. The summed E-state index contributed by atoms with van der Waals surface area (Å²) in [6.45, 7) is 6.43. The smallest absolute Gasteiger partial charge is 0.230 e. The van der Waals surface area contributed by atoms with Crippen LogP contribution >= 0.6 is 15.9 Å². The fourth-order valence-corrected chi connectivity index (χ4v) is 4.52. The summed E-state index contributed by atoms with van der Waals surface area (Å²) in [7, 11) is 0. The van der Waals surface area contributed by atoms with E-state index in [1.165, 1.54) is 0 Å². The maximum Gasteiger partial charge on any atom is 0.230 e. The molecule has 0 bridgehead atoms. The van der Waals surface area contributed by atoms with Gasteiger partial charge in [-0.1, -0.05) is 28.1 Å². The number of carbonyl (C=O) groups is 1. The number of aromatic nitrogens is 2. The highest BCUT2D eigenvalue weighted by atomic mass is 79.9. The number of hydrogen-bond donors (Lipinski definition) is 1. The molecule has 2 aromatic rings.